The Morgan fingerprint density at radius 1 is 1.12 bits per heavy atom. The van der Waals surface area contributed by atoms with Crippen LogP contribution in [-0.2, 0) is 22.3 Å². The molecule has 0 aliphatic rings. The zero-order valence-corrected chi connectivity index (χ0v) is 20.1. The number of esters is 2. The van der Waals surface area contributed by atoms with Crippen LogP contribution in [0.15, 0.2) is 42.5 Å². The monoisotopic (exact) mass is 469 g/mol. The van der Waals surface area contributed by atoms with Crippen LogP contribution >= 0.6 is 11.3 Å². The molecule has 0 bridgehead atoms. The summed E-state index contributed by atoms with van der Waals surface area (Å²) in [6.07, 6.45) is 1.92. The van der Waals surface area contributed by atoms with Crippen LogP contribution in [0, 0.1) is 11.7 Å². The highest BCUT2D eigenvalue weighted by Gasteiger charge is 2.19. The number of hydrogen-bond acceptors (Lipinski definition) is 6. The molecule has 174 valence electrons. The van der Waals surface area contributed by atoms with Gasteiger partial charge in [0.1, 0.15) is 5.82 Å². The Kier molecular flexibility index (Phi) is 8.33. The van der Waals surface area contributed by atoms with Gasteiger partial charge in [0.05, 0.1) is 25.0 Å². The van der Waals surface area contributed by atoms with Gasteiger partial charge < -0.3 is 9.47 Å². The fraction of sp³-hybridized carbons (Fsp3) is 0.346. The summed E-state index contributed by atoms with van der Waals surface area (Å²) in [7, 11) is 1.32. The standard InChI is InChI=1S/C26H28FNO4S/c1-5-8-23-22(28-24(33-23)26(30)31-4)14-18-12-11-17(13-21(18)27)19-9-6-7-10-20(19)25(29)32-15-16(2)3/h6-7,9-13,16H,5,8,14-15H2,1-4H3. The number of hydrogen-bond donors (Lipinski definition) is 0. The van der Waals surface area contributed by atoms with Crippen molar-refractivity contribution in [1.29, 1.82) is 0 Å². The highest BCUT2D eigenvalue weighted by Crippen LogP contribution is 2.29. The van der Waals surface area contributed by atoms with Gasteiger partial charge >= 0.3 is 11.9 Å². The number of ether oxygens (including phenoxy) is 2. The molecular weight excluding hydrogens is 441 g/mol. The number of carbonyl (C=O) groups is 2. The lowest BCUT2D eigenvalue weighted by molar-refractivity contribution is 0.0459. The molecule has 3 rings (SSSR count). The van der Waals surface area contributed by atoms with Crippen LogP contribution in [0.3, 0.4) is 0 Å². The maximum atomic E-state index is 15.1. The Labute approximate surface area is 197 Å². The average molecular weight is 470 g/mol. The third-order valence-electron chi connectivity index (χ3n) is 5.03. The van der Waals surface area contributed by atoms with E-state index >= 15 is 4.39 Å². The van der Waals surface area contributed by atoms with Gasteiger partial charge in [0.15, 0.2) is 0 Å². The first-order valence-electron chi connectivity index (χ1n) is 11.0. The van der Waals surface area contributed by atoms with Gasteiger partial charge in [-0.2, -0.15) is 0 Å². The molecule has 5 nitrogen and oxygen atoms in total. The number of aromatic nitrogens is 1. The van der Waals surface area contributed by atoms with Crippen molar-refractivity contribution >= 4 is 23.3 Å². The number of nitrogens with zero attached hydrogens (tertiary/aromatic N) is 1. The van der Waals surface area contributed by atoms with Gasteiger partial charge in [-0.15, -0.1) is 11.3 Å². The highest BCUT2D eigenvalue weighted by molar-refractivity contribution is 7.13. The van der Waals surface area contributed by atoms with Crippen molar-refractivity contribution in [3.63, 3.8) is 0 Å². The SMILES string of the molecule is CCCc1sc(C(=O)OC)nc1Cc1ccc(-c2ccccc2C(=O)OCC(C)C)cc1F. The average Bonchev–Trinajstić information content (AvgIpc) is 3.20. The molecule has 0 N–H and O–H groups in total. The third kappa shape index (κ3) is 6.05. The number of methoxy groups -OCH3 is 1. The summed E-state index contributed by atoms with van der Waals surface area (Å²) in [6, 6.07) is 12.0. The van der Waals surface area contributed by atoms with E-state index in [1.54, 1.807) is 36.4 Å². The summed E-state index contributed by atoms with van der Waals surface area (Å²) in [5.74, 6) is -1.08. The normalized spacial score (nSPS) is 11.0. The summed E-state index contributed by atoms with van der Waals surface area (Å²) in [5.41, 5.74) is 2.77. The molecule has 3 aromatic rings. The second-order valence-corrected chi connectivity index (χ2v) is 9.23. The molecule has 1 aromatic heterocycles. The van der Waals surface area contributed by atoms with Gasteiger partial charge in [0.2, 0.25) is 5.01 Å². The van der Waals surface area contributed by atoms with Crippen LogP contribution < -0.4 is 0 Å². The number of benzene rings is 2. The van der Waals surface area contributed by atoms with Crippen LogP contribution in [0.2, 0.25) is 0 Å². The molecule has 0 atom stereocenters. The largest absolute Gasteiger partial charge is 0.464 e. The van der Waals surface area contributed by atoms with E-state index in [0.29, 0.717) is 34.6 Å². The lowest BCUT2D eigenvalue weighted by Gasteiger charge is -2.12. The van der Waals surface area contributed by atoms with Crippen LogP contribution in [0.25, 0.3) is 11.1 Å². The van der Waals surface area contributed by atoms with Gasteiger partial charge in [0.25, 0.3) is 0 Å². The van der Waals surface area contributed by atoms with Crippen molar-refractivity contribution in [1.82, 2.24) is 4.98 Å². The topological polar surface area (TPSA) is 65.5 Å². The molecule has 0 radical (unpaired) electrons. The first kappa shape index (κ1) is 24.6. The van der Waals surface area contributed by atoms with E-state index in [1.165, 1.54) is 24.5 Å². The molecule has 0 unspecified atom stereocenters. The molecule has 7 heteroatoms. The molecule has 1 heterocycles. The van der Waals surface area contributed by atoms with Gasteiger partial charge in [0, 0.05) is 11.3 Å². The molecule has 0 fully saturated rings. The fourth-order valence-electron chi connectivity index (χ4n) is 3.39. The van der Waals surface area contributed by atoms with E-state index < -0.39 is 17.8 Å². The molecule has 0 spiro atoms. The summed E-state index contributed by atoms with van der Waals surface area (Å²) in [5, 5.41) is 0.279. The zero-order valence-electron chi connectivity index (χ0n) is 19.3. The van der Waals surface area contributed by atoms with Crippen molar-refractivity contribution in [3.05, 3.63) is 75.0 Å². The predicted octanol–water partition coefficient (Wildman–Crippen LogP) is 6.09. The van der Waals surface area contributed by atoms with Gasteiger partial charge in [-0.3, -0.25) is 0 Å². The molecule has 2 aromatic carbocycles. The van der Waals surface area contributed by atoms with Gasteiger partial charge in [-0.25, -0.2) is 19.0 Å². The third-order valence-corrected chi connectivity index (χ3v) is 6.17. The lowest BCUT2D eigenvalue weighted by Crippen LogP contribution is -2.11. The molecule has 0 amide bonds. The number of carbonyl (C=O) groups excluding carboxylic acids is 2. The van der Waals surface area contributed by atoms with E-state index in [9.17, 15) is 9.59 Å². The number of rotatable bonds is 9. The van der Waals surface area contributed by atoms with Crippen LogP contribution in [-0.4, -0.2) is 30.6 Å². The molecule has 0 saturated carbocycles. The van der Waals surface area contributed by atoms with Crippen LogP contribution in [0.5, 0.6) is 0 Å². The van der Waals surface area contributed by atoms with Crippen molar-refractivity contribution in [2.45, 2.75) is 40.0 Å². The Morgan fingerprint density at radius 2 is 1.88 bits per heavy atom. The minimum Gasteiger partial charge on any atom is -0.464 e. The summed E-state index contributed by atoms with van der Waals surface area (Å²) in [4.78, 5) is 29.8. The van der Waals surface area contributed by atoms with E-state index in [1.807, 2.05) is 20.8 Å². The second-order valence-electron chi connectivity index (χ2n) is 8.15. The van der Waals surface area contributed by atoms with E-state index in [4.69, 9.17) is 9.47 Å². The Hall–Kier alpha value is -3.06. The first-order chi connectivity index (χ1) is 15.8. The van der Waals surface area contributed by atoms with Crippen LogP contribution in [0.1, 0.15) is 63.5 Å². The van der Waals surface area contributed by atoms with Crippen molar-refractivity contribution in [2.75, 3.05) is 13.7 Å². The number of halogens is 1. The molecule has 0 aliphatic heterocycles. The fourth-order valence-corrected chi connectivity index (χ4v) is 4.49. The van der Waals surface area contributed by atoms with Crippen molar-refractivity contribution in [3.8, 4) is 11.1 Å². The predicted molar refractivity (Wildman–Crippen MR) is 127 cm³/mol. The summed E-state index contributed by atoms with van der Waals surface area (Å²) in [6.45, 7) is 6.30. The van der Waals surface area contributed by atoms with Crippen molar-refractivity contribution in [2.24, 2.45) is 5.92 Å². The quantitative estimate of drug-likeness (QED) is 0.355. The summed E-state index contributed by atoms with van der Waals surface area (Å²) >= 11 is 1.29. The van der Waals surface area contributed by atoms with Gasteiger partial charge in [-0.05, 0) is 41.2 Å². The number of aryl methyl sites for hydroxylation is 1. The molecule has 0 saturated heterocycles. The Morgan fingerprint density at radius 3 is 2.55 bits per heavy atom. The van der Waals surface area contributed by atoms with E-state index in [0.717, 1.165) is 17.7 Å². The minimum atomic E-state index is -0.486. The second kappa shape index (κ2) is 11.2. The highest BCUT2D eigenvalue weighted by atomic mass is 32.1. The Balaban J connectivity index is 1.89. The molecular formula is C26H28FNO4S. The van der Waals surface area contributed by atoms with E-state index in [-0.39, 0.29) is 17.3 Å². The number of thiazole rings is 1. The van der Waals surface area contributed by atoms with Gasteiger partial charge in [-0.1, -0.05) is 57.5 Å². The minimum absolute atomic E-state index is 0.223. The van der Waals surface area contributed by atoms with E-state index in [2.05, 4.69) is 4.98 Å². The van der Waals surface area contributed by atoms with Crippen LogP contribution in [0.4, 0.5) is 4.39 Å². The maximum Gasteiger partial charge on any atom is 0.367 e. The smallest absolute Gasteiger partial charge is 0.367 e. The maximum absolute atomic E-state index is 15.1. The van der Waals surface area contributed by atoms with Crippen molar-refractivity contribution < 1.29 is 23.5 Å². The molecule has 33 heavy (non-hydrogen) atoms. The molecule has 0 aliphatic carbocycles. The summed E-state index contributed by atoms with van der Waals surface area (Å²) < 4.78 is 25.3. The first-order valence-corrected chi connectivity index (χ1v) is 11.8. The lowest BCUT2D eigenvalue weighted by atomic mass is 9.97. The Bertz CT molecular complexity index is 1140. The zero-order chi connectivity index (χ0) is 24.0.